The van der Waals surface area contributed by atoms with Crippen molar-refractivity contribution in [2.75, 3.05) is 6.54 Å². The van der Waals surface area contributed by atoms with Gasteiger partial charge in [0, 0.05) is 12.6 Å². The van der Waals surface area contributed by atoms with Crippen molar-refractivity contribution >= 4 is 18.4 Å². The summed E-state index contributed by atoms with van der Waals surface area (Å²) in [6, 6.07) is 8.44. The van der Waals surface area contributed by atoms with Crippen LogP contribution in [-0.2, 0) is 4.79 Å². The van der Waals surface area contributed by atoms with Crippen LogP contribution in [0.25, 0.3) is 0 Å². The summed E-state index contributed by atoms with van der Waals surface area (Å²) in [7, 11) is 0. The fraction of sp³-hybridized carbons (Fsp3) is 0.562. The number of nitrogens with zero attached hydrogens (tertiary/aromatic N) is 1. The van der Waals surface area contributed by atoms with Gasteiger partial charge in [0.2, 0.25) is 0 Å². The first-order valence-electron chi connectivity index (χ1n) is 7.08. The van der Waals surface area contributed by atoms with Gasteiger partial charge in [-0.05, 0) is 43.7 Å². The number of carboxylic acid groups (broad SMARTS) is 1. The second-order valence-electron chi connectivity index (χ2n) is 5.60. The summed E-state index contributed by atoms with van der Waals surface area (Å²) < 4.78 is 0. The van der Waals surface area contributed by atoms with E-state index in [1.807, 2.05) is 6.92 Å². The highest BCUT2D eigenvalue weighted by atomic mass is 35.5. The van der Waals surface area contributed by atoms with E-state index in [1.54, 1.807) is 0 Å². The van der Waals surface area contributed by atoms with E-state index in [1.165, 1.54) is 11.1 Å². The highest BCUT2D eigenvalue weighted by Crippen LogP contribution is 2.34. The van der Waals surface area contributed by atoms with Crippen LogP contribution in [0, 0.1) is 6.92 Å². The van der Waals surface area contributed by atoms with E-state index in [0.29, 0.717) is 18.4 Å². The monoisotopic (exact) mass is 297 g/mol. The standard InChI is InChI=1S/C16H23NO2.ClH/c1-4-15(16(18)19)17-10-13(9-12(17)3)14-8-6-5-7-11(14)2;/h5-8,12-13,15H,4,9-10H2,1-3H3,(H,18,19);1H. The van der Waals surface area contributed by atoms with Crippen LogP contribution in [0.1, 0.15) is 43.7 Å². The molecular formula is C16H24ClNO2. The highest BCUT2D eigenvalue weighted by Gasteiger charge is 2.37. The minimum atomic E-state index is -0.695. The highest BCUT2D eigenvalue weighted by molar-refractivity contribution is 5.85. The Morgan fingerprint density at radius 1 is 1.45 bits per heavy atom. The predicted octanol–water partition coefficient (Wildman–Crippen LogP) is 3.46. The molecule has 2 rings (SSSR count). The second-order valence-corrected chi connectivity index (χ2v) is 5.60. The van der Waals surface area contributed by atoms with Gasteiger partial charge in [0.1, 0.15) is 6.04 Å². The molecule has 112 valence electrons. The Labute approximate surface area is 127 Å². The zero-order valence-electron chi connectivity index (χ0n) is 12.4. The maximum atomic E-state index is 11.3. The number of carbonyl (C=O) groups is 1. The average Bonchev–Trinajstić information content (AvgIpc) is 2.72. The summed E-state index contributed by atoms with van der Waals surface area (Å²) in [5, 5.41) is 9.32. The molecule has 3 nitrogen and oxygen atoms in total. The second kappa shape index (κ2) is 7.09. The van der Waals surface area contributed by atoms with Crippen molar-refractivity contribution in [3.8, 4) is 0 Å². The van der Waals surface area contributed by atoms with Gasteiger partial charge in [0.25, 0.3) is 0 Å². The lowest BCUT2D eigenvalue weighted by molar-refractivity contribution is -0.143. The van der Waals surface area contributed by atoms with Crippen molar-refractivity contribution in [1.29, 1.82) is 0 Å². The molecule has 0 amide bonds. The lowest BCUT2D eigenvalue weighted by Gasteiger charge is -2.27. The van der Waals surface area contributed by atoms with E-state index in [4.69, 9.17) is 0 Å². The molecule has 1 aromatic rings. The van der Waals surface area contributed by atoms with E-state index in [9.17, 15) is 9.90 Å². The molecule has 0 spiro atoms. The van der Waals surface area contributed by atoms with Crippen molar-refractivity contribution in [3.05, 3.63) is 35.4 Å². The Hall–Kier alpha value is -1.06. The SMILES string of the molecule is CCC(C(=O)O)N1CC(c2ccccc2C)CC1C.Cl. The Kier molecular flexibility index (Phi) is 6.03. The van der Waals surface area contributed by atoms with Gasteiger partial charge in [-0.1, -0.05) is 31.2 Å². The number of hydrogen-bond donors (Lipinski definition) is 1. The van der Waals surface area contributed by atoms with Crippen LogP contribution in [-0.4, -0.2) is 34.6 Å². The van der Waals surface area contributed by atoms with Crippen LogP contribution in [0.3, 0.4) is 0 Å². The van der Waals surface area contributed by atoms with Gasteiger partial charge in [0.05, 0.1) is 0 Å². The molecule has 1 saturated heterocycles. The molecule has 1 N–H and O–H groups in total. The maximum Gasteiger partial charge on any atom is 0.320 e. The van der Waals surface area contributed by atoms with Crippen LogP contribution >= 0.6 is 12.4 Å². The topological polar surface area (TPSA) is 40.5 Å². The molecular weight excluding hydrogens is 274 g/mol. The van der Waals surface area contributed by atoms with Crippen LogP contribution in [0.4, 0.5) is 0 Å². The number of likely N-dealkylation sites (tertiary alicyclic amines) is 1. The first-order chi connectivity index (χ1) is 9.04. The number of aryl methyl sites for hydroxylation is 1. The van der Waals surface area contributed by atoms with Crippen LogP contribution in [0.5, 0.6) is 0 Å². The van der Waals surface area contributed by atoms with Gasteiger partial charge in [-0.2, -0.15) is 0 Å². The van der Waals surface area contributed by atoms with E-state index in [0.717, 1.165) is 13.0 Å². The summed E-state index contributed by atoms with van der Waals surface area (Å²) >= 11 is 0. The number of carboxylic acids is 1. The minimum absolute atomic E-state index is 0. The van der Waals surface area contributed by atoms with Crippen molar-refractivity contribution < 1.29 is 9.90 Å². The lowest BCUT2D eigenvalue weighted by atomic mass is 9.93. The Balaban J connectivity index is 0.00000200. The number of benzene rings is 1. The molecule has 3 atom stereocenters. The van der Waals surface area contributed by atoms with Gasteiger partial charge in [-0.3, -0.25) is 9.69 Å². The van der Waals surface area contributed by atoms with E-state index in [-0.39, 0.29) is 18.4 Å². The molecule has 0 radical (unpaired) electrons. The average molecular weight is 298 g/mol. The quantitative estimate of drug-likeness (QED) is 0.925. The van der Waals surface area contributed by atoms with Crippen LogP contribution < -0.4 is 0 Å². The van der Waals surface area contributed by atoms with Crippen molar-refractivity contribution in [1.82, 2.24) is 4.90 Å². The number of hydrogen-bond acceptors (Lipinski definition) is 2. The van der Waals surface area contributed by atoms with Crippen LogP contribution in [0.2, 0.25) is 0 Å². The number of rotatable bonds is 4. The molecule has 0 bridgehead atoms. The molecule has 0 aliphatic carbocycles. The van der Waals surface area contributed by atoms with E-state index >= 15 is 0 Å². The van der Waals surface area contributed by atoms with Crippen LogP contribution in [0.15, 0.2) is 24.3 Å². The lowest BCUT2D eigenvalue weighted by Crippen LogP contribution is -2.42. The zero-order valence-corrected chi connectivity index (χ0v) is 13.2. The molecule has 4 heteroatoms. The molecule has 0 aromatic heterocycles. The molecule has 20 heavy (non-hydrogen) atoms. The molecule has 0 saturated carbocycles. The number of aliphatic carboxylic acids is 1. The molecule has 1 aliphatic rings. The first kappa shape index (κ1) is 17.0. The summed E-state index contributed by atoms with van der Waals surface area (Å²) in [6.07, 6.45) is 1.72. The normalized spacial score (nSPS) is 24.1. The molecule has 1 aliphatic heterocycles. The molecule has 3 unspecified atom stereocenters. The Morgan fingerprint density at radius 3 is 2.65 bits per heavy atom. The summed E-state index contributed by atoms with van der Waals surface area (Å²) in [4.78, 5) is 13.5. The smallest absolute Gasteiger partial charge is 0.320 e. The minimum Gasteiger partial charge on any atom is -0.480 e. The van der Waals surface area contributed by atoms with Gasteiger partial charge < -0.3 is 5.11 Å². The summed E-state index contributed by atoms with van der Waals surface area (Å²) in [6.45, 7) is 7.09. The van der Waals surface area contributed by atoms with Gasteiger partial charge in [-0.15, -0.1) is 12.4 Å². The third-order valence-electron chi connectivity index (χ3n) is 4.32. The fourth-order valence-electron chi connectivity index (χ4n) is 3.31. The van der Waals surface area contributed by atoms with Gasteiger partial charge >= 0.3 is 5.97 Å². The predicted molar refractivity (Wildman–Crippen MR) is 83.7 cm³/mol. The van der Waals surface area contributed by atoms with Gasteiger partial charge in [0.15, 0.2) is 0 Å². The molecule has 1 aromatic carbocycles. The fourth-order valence-corrected chi connectivity index (χ4v) is 3.31. The van der Waals surface area contributed by atoms with E-state index in [2.05, 4.69) is 43.0 Å². The Bertz CT molecular complexity index is 464. The third kappa shape index (κ3) is 3.33. The molecule has 1 heterocycles. The van der Waals surface area contributed by atoms with Crippen molar-refractivity contribution in [3.63, 3.8) is 0 Å². The van der Waals surface area contributed by atoms with Gasteiger partial charge in [-0.25, -0.2) is 0 Å². The first-order valence-corrected chi connectivity index (χ1v) is 7.08. The van der Waals surface area contributed by atoms with Crippen molar-refractivity contribution in [2.45, 2.75) is 51.6 Å². The largest absolute Gasteiger partial charge is 0.480 e. The van der Waals surface area contributed by atoms with Crippen molar-refractivity contribution in [2.24, 2.45) is 0 Å². The number of halogens is 1. The van der Waals surface area contributed by atoms with E-state index < -0.39 is 5.97 Å². The summed E-state index contributed by atoms with van der Waals surface area (Å²) in [5.41, 5.74) is 2.68. The Morgan fingerprint density at radius 2 is 2.10 bits per heavy atom. The zero-order chi connectivity index (χ0) is 14.0. The summed E-state index contributed by atoms with van der Waals surface area (Å²) in [5.74, 6) is -0.232. The molecule has 1 fully saturated rings. The third-order valence-corrected chi connectivity index (χ3v) is 4.32. The maximum absolute atomic E-state index is 11.3.